The van der Waals surface area contributed by atoms with Crippen LogP contribution in [0.4, 0.5) is 0 Å². The summed E-state index contributed by atoms with van der Waals surface area (Å²) in [6, 6.07) is 1.11. The van der Waals surface area contributed by atoms with Crippen LogP contribution in [0.3, 0.4) is 0 Å². The summed E-state index contributed by atoms with van der Waals surface area (Å²) in [6.07, 6.45) is 10.5. The lowest BCUT2D eigenvalue weighted by Crippen LogP contribution is -2.47. The summed E-state index contributed by atoms with van der Waals surface area (Å²) in [5.74, 6) is 0. The zero-order chi connectivity index (χ0) is 13.6. The molecule has 0 aromatic rings. The van der Waals surface area contributed by atoms with Crippen molar-refractivity contribution in [2.24, 2.45) is 0 Å². The van der Waals surface area contributed by atoms with Crippen molar-refractivity contribution in [3.63, 3.8) is 0 Å². The van der Waals surface area contributed by atoms with E-state index in [1.54, 1.807) is 0 Å². The molecule has 112 valence electrons. The molecule has 0 amide bonds. The molecular weight excluding hydrogens is 256 g/mol. The number of nitrogens with one attached hydrogen (secondary N) is 2. The number of ether oxygens (including phenoxy) is 1. The summed E-state index contributed by atoms with van der Waals surface area (Å²) in [6.45, 7) is 6.23. The van der Waals surface area contributed by atoms with E-state index >= 15 is 0 Å². The molecule has 1 aliphatic carbocycles. The minimum atomic E-state index is 0.503. The van der Waals surface area contributed by atoms with E-state index in [4.69, 9.17) is 4.74 Å². The number of rotatable bonds is 6. The van der Waals surface area contributed by atoms with E-state index in [-0.39, 0.29) is 0 Å². The smallest absolute Gasteiger partial charge is 0.0620 e. The normalized spacial score (nSPS) is 29.1. The molecule has 0 radical (unpaired) electrons. The fourth-order valence-electron chi connectivity index (χ4n) is 3.29. The lowest BCUT2D eigenvalue weighted by Gasteiger charge is -2.37. The molecule has 0 bridgehead atoms. The highest BCUT2D eigenvalue weighted by molar-refractivity contribution is 8.00. The third-order valence-corrected chi connectivity index (χ3v) is 6.03. The molecule has 3 nitrogen and oxygen atoms in total. The van der Waals surface area contributed by atoms with Crippen molar-refractivity contribution < 1.29 is 4.74 Å². The van der Waals surface area contributed by atoms with Crippen LogP contribution in [0.5, 0.6) is 0 Å². The second kappa shape index (κ2) is 7.87. The Morgan fingerprint density at radius 2 is 2.16 bits per heavy atom. The Hall–Kier alpha value is 0.230. The van der Waals surface area contributed by atoms with Crippen molar-refractivity contribution >= 4 is 11.8 Å². The van der Waals surface area contributed by atoms with Crippen molar-refractivity contribution in [2.45, 2.75) is 62.3 Å². The fraction of sp³-hybridized carbons (Fsp3) is 1.00. The standard InChI is InChI=1S/C15H30N2OS/c1-13(10-14-11-18-9-8-16-14)17-12-15(19-2)6-4-3-5-7-15/h13-14,16-17H,3-12H2,1-2H3. The lowest BCUT2D eigenvalue weighted by molar-refractivity contribution is 0.0711. The van der Waals surface area contributed by atoms with E-state index in [1.165, 1.54) is 45.1 Å². The Balaban J connectivity index is 1.70. The van der Waals surface area contributed by atoms with Gasteiger partial charge in [-0.25, -0.2) is 0 Å². The number of thioether (sulfide) groups is 1. The molecular formula is C15H30N2OS. The van der Waals surface area contributed by atoms with Crippen LogP contribution in [0.25, 0.3) is 0 Å². The Bertz CT molecular complexity index is 251. The van der Waals surface area contributed by atoms with Gasteiger partial charge in [-0.1, -0.05) is 19.3 Å². The second-order valence-electron chi connectivity index (χ2n) is 6.19. The average Bonchev–Trinajstić information content (AvgIpc) is 2.47. The van der Waals surface area contributed by atoms with Crippen molar-refractivity contribution in [3.8, 4) is 0 Å². The first-order valence-corrected chi connectivity index (χ1v) is 9.06. The second-order valence-corrected chi connectivity index (χ2v) is 7.47. The maximum Gasteiger partial charge on any atom is 0.0620 e. The van der Waals surface area contributed by atoms with E-state index < -0.39 is 0 Å². The molecule has 2 fully saturated rings. The molecule has 1 saturated carbocycles. The molecule has 2 atom stereocenters. The Morgan fingerprint density at radius 1 is 1.37 bits per heavy atom. The summed E-state index contributed by atoms with van der Waals surface area (Å²) in [5, 5.41) is 7.32. The first kappa shape index (κ1) is 15.6. The van der Waals surface area contributed by atoms with Gasteiger partial charge in [-0.3, -0.25) is 0 Å². The van der Waals surface area contributed by atoms with Gasteiger partial charge in [-0.05, 0) is 32.4 Å². The fourth-order valence-corrected chi connectivity index (χ4v) is 4.22. The maximum atomic E-state index is 5.52. The molecule has 19 heavy (non-hydrogen) atoms. The number of hydrogen-bond donors (Lipinski definition) is 2. The Morgan fingerprint density at radius 3 is 2.79 bits per heavy atom. The van der Waals surface area contributed by atoms with Gasteiger partial charge in [0.2, 0.25) is 0 Å². The molecule has 2 unspecified atom stereocenters. The maximum absolute atomic E-state index is 5.52. The molecule has 2 aliphatic rings. The molecule has 2 rings (SSSR count). The summed E-state index contributed by atoms with van der Waals surface area (Å²) in [7, 11) is 0. The molecule has 2 N–H and O–H groups in total. The van der Waals surface area contributed by atoms with Crippen LogP contribution in [-0.4, -0.2) is 49.4 Å². The predicted molar refractivity (Wildman–Crippen MR) is 84.0 cm³/mol. The van der Waals surface area contributed by atoms with Gasteiger partial charge in [-0.2, -0.15) is 11.8 Å². The highest BCUT2D eigenvalue weighted by Gasteiger charge is 2.31. The molecule has 1 aliphatic heterocycles. The minimum absolute atomic E-state index is 0.503. The van der Waals surface area contributed by atoms with Crippen molar-refractivity contribution in [2.75, 3.05) is 32.6 Å². The molecule has 0 aromatic heterocycles. The highest BCUT2D eigenvalue weighted by Crippen LogP contribution is 2.38. The lowest BCUT2D eigenvalue weighted by atomic mass is 9.88. The van der Waals surface area contributed by atoms with E-state index in [2.05, 4.69) is 35.6 Å². The zero-order valence-corrected chi connectivity index (χ0v) is 13.4. The van der Waals surface area contributed by atoms with Gasteiger partial charge < -0.3 is 15.4 Å². The minimum Gasteiger partial charge on any atom is -0.379 e. The molecule has 1 saturated heterocycles. The van der Waals surface area contributed by atoms with Gasteiger partial charge in [0.25, 0.3) is 0 Å². The number of hydrogen-bond acceptors (Lipinski definition) is 4. The summed E-state index contributed by atoms with van der Waals surface area (Å²) >= 11 is 2.08. The van der Waals surface area contributed by atoms with Gasteiger partial charge in [0, 0.05) is 29.9 Å². The van der Waals surface area contributed by atoms with Crippen LogP contribution in [0.2, 0.25) is 0 Å². The van der Waals surface area contributed by atoms with Crippen LogP contribution < -0.4 is 10.6 Å². The third kappa shape index (κ3) is 4.92. The van der Waals surface area contributed by atoms with Crippen LogP contribution in [0.1, 0.15) is 45.4 Å². The molecule has 4 heteroatoms. The van der Waals surface area contributed by atoms with E-state index in [0.717, 1.165) is 19.8 Å². The van der Waals surface area contributed by atoms with E-state index in [0.29, 0.717) is 16.8 Å². The monoisotopic (exact) mass is 286 g/mol. The van der Waals surface area contributed by atoms with E-state index in [1.807, 2.05) is 0 Å². The van der Waals surface area contributed by atoms with Crippen molar-refractivity contribution in [3.05, 3.63) is 0 Å². The van der Waals surface area contributed by atoms with Gasteiger partial charge in [-0.15, -0.1) is 0 Å². The topological polar surface area (TPSA) is 33.3 Å². The number of morpholine rings is 1. The van der Waals surface area contributed by atoms with Gasteiger partial charge in [0.05, 0.1) is 13.2 Å². The molecule has 0 aromatic carbocycles. The van der Waals surface area contributed by atoms with Gasteiger partial charge >= 0.3 is 0 Å². The first-order valence-electron chi connectivity index (χ1n) is 7.84. The predicted octanol–water partition coefficient (Wildman–Crippen LogP) is 2.41. The van der Waals surface area contributed by atoms with Gasteiger partial charge in [0.15, 0.2) is 0 Å². The summed E-state index contributed by atoms with van der Waals surface area (Å²) in [4.78, 5) is 0. The average molecular weight is 286 g/mol. The summed E-state index contributed by atoms with van der Waals surface area (Å²) in [5.41, 5.74) is 0. The van der Waals surface area contributed by atoms with Crippen LogP contribution in [0.15, 0.2) is 0 Å². The van der Waals surface area contributed by atoms with Gasteiger partial charge in [0.1, 0.15) is 0 Å². The van der Waals surface area contributed by atoms with Crippen molar-refractivity contribution in [1.29, 1.82) is 0 Å². The SMILES string of the molecule is CSC1(CNC(C)CC2COCCN2)CCCCC1. The van der Waals surface area contributed by atoms with Crippen LogP contribution >= 0.6 is 11.8 Å². The highest BCUT2D eigenvalue weighted by atomic mass is 32.2. The van der Waals surface area contributed by atoms with Crippen LogP contribution in [-0.2, 0) is 4.74 Å². The zero-order valence-electron chi connectivity index (χ0n) is 12.5. The van der Waals surface area contributed by atoms with E-state index in [9.17, 15) is 0 Å². The van der Waals surface area contributed by atoms with Crippen molar-refractivity contribution in [1.82, 2.24) is 10.6 Å². The Kier molecular flexibility index (Phi) is 6.46. The summed E-state index contributed by atoms with van der Waals surface area (Å²) < 4.78 is 6.03. The third-order valence-electron chi connectivity index (χ3n) is 4.61. The molecule has 1 heterocycles. The quantitative estimate of drug-likeness (QED) is 0.785. The Labute approximate surface area is 122 Å². The first-order chi connectivity index (χ1) is 9.24. The largest absolute Gasteiger partial charge is 0.379 e. The van der Waals surface area contributed by atoms with Crippen LogP contribution in [0, 0.1) is 0 Å². The molecule has 0 spiro atoms.